The molecule has 0 aliphatic carbocycles. The van der Waals surface area contributed by atoms with Gasteiger partial charge in [-0.2, -0.15) is 0 Å². The van der Waals surface area contributed by atoms with Crippen LogP contribution in [0.3, 0.4) is 0 Å². The molecule has 0 N–H and O–H groups in total. The first kappa shape index (κ1) is 15.0. The molecule has 116 valence electrons. The van der Waals surface area contributed by atoms with Crippen molar-refractivity contribution in [1.29, 1.82) is 0 Å². The molecule has 6 nitrogen and oxygen atoms in total. The fourth-order valence-corrected chi connectivity index (χ4v) is 2.87. The fourth-order valence-electron chi connectivity index (χ4n) is 2.70. The Hall–Kier alpha value is -1.92. The van der Waals surface area contributed by atoms with Crippen molar-refractivity contribution < 1.29 is 14.4 Å². The van der Waals surface area contributed by atoms with Gasteiger partial charge in [-0.3, -0.25) is 19.3 Å². The SMILES string of the molecule is CN1CCN(C(=O)CN2C(=O)c3ccc(Cl)cc3C2=O)CC1. The maximum atomic E-state index is 12.3. The quantitative estimate of drug-likeness (QED) is 0.753. The molecule has 22 heavy (non-hydrogen) atoms. The number of rotatable bonds is 2. The van der Waals surface area contributed by atoms with Gasteiger partial charge < -0.3 is 9.80 Å². The Morgan fingerprint density at radius 3 is 2.41 bits per heavy atom. The first-order valence-electron chi connectivity index (χ1n) is 7.09. The summed E-state index contributed by atoms with van der Waals surface area (Å²) in [7, 11) is 2.00. The van der Waals surface area contributed by atoms with Crippen LogP contribution >= 0.6 is 11.6 Å². The topological polar surface area (TPSA) is 60.9 Å². The number of hydrogen-bond donors (Lipinski definition) is 0. The minimum atomic E-state index is -0.454. The third kappa shape index (κ3) is 2.60. The first-order valence-corrected chi connectivity index (χ1v) is 7.47. The van der Waals surface area contributed by atoms with Gasteiger partial charge in [0.2, 0.25) is 5.91 Å². The lowest BCUT2D eigenvalue weighted by atomic mass is 10.1. The lowest BCUT2D eigenvalue weighted by molar-refractivity contribution is -0.133. The highest BCUT2D eigenvalue weighted by molar-refractivity contribution is 6.32. The average molecular weight is 322 g/mol. The smallest absolute Gasteiger partial charge is 0.262 e. The minimum absolute atomic E-state index is 0.200. The highest BCUT2D eigenvalue weighted by Gasteiger charge is 2.37. The lowest BCUT2D eigenvalue weighted by Crippen LogP contribution is -2.50. The molecular weight excluding hydrogens is 306 g/mol. The molecule has 3 rings (SSSR count). The van der Waals surface area contributed by atoms with E-state index in [0.29, 0.717) is 23.7 Å². The molecule has 1 aromatic carbocycles. The molecule has 0 aromatic heterocycles. The van der Waals surface area contributed by atoms with Crippen LogP contribution in [0.1, 0.15) is 20.7 Å². The monoisotopic (exact) mass is 321 g/mol. The van der Waals surface area contributed by atoms with E-state index in [1.54, 1.807) is 11.0 Å². The maximum absolute atomic E-state index is 12.3. The third-order valence-corrected chi connectivity index (χ3v) is 4.32. The van der Waals surface area contributed by atoms with Crippen LogP contribution in [-0.2, 0) is 4.79 Å². The number of benzene rings is 1. The van der Waals surface area contributed by atoms with Crippen molar-refractivity contribution in [2.24, 2.45) is 0 Å². The second-order valence-electron chi connectivity index (χ2n) is 5.57. The van der Waals surface area contributed by atoms with Crippen molar-refractivity contribution >= 4 is 29.3 Å². The normalized spacial score (nSPS) is 18.8. The van der Waals surface area contributed by atoms with Crippen LogP contribution in [0.15, 0.2) is 18.2 Å². The van der Waals surface area contributed by atoms with Gasteiger partial charge in [0, 0.05) is 31.2 Å². The van der Waals surface area contributed by atoms with E-state index in [2.05, 4.69) is 4.90 Å². The van der Waals surface area contributed by atoms with Gasteiger partial charge in [-0.15, -0.1) is 0 Å². The Balaban J connectivity index is 1.73. The third-order valence-electron chi connectivity index (χ3n) is 4.08. The number of fused-ring (bicyclic) bond motifs is 1. The second kappa shape index (κ2) is 5.70. The van der Waals surface area contributed by atoms with E-state index in [4.69, 9.17) is 11.6 Å². The Morgan fingerprint density at radius 1 is 1.09 bits per heavy atom. The lowest BCUT2D eigenvalue weighted by Gasteiger charge is -2.33. The Morgan fingerprint density at radius 2 is 1.73 bits per heavy atom. The standard InChI is InChI=1S/C15H16ClN3O3/c1-17-4-6-18(7-5-17)13(20)9-19-14(21)11-3-2-10(16)8-12(11)15(19)22/h2-3,8H,4-7,9H2,1H3. The van der Waals surface area contributed by atoms with E-state index in [1.165, 1.54) is 12.1 Å². The van der Waals surface area contributed by atoms with Crippen LogP contribution in [0.2, 0.25) is 5.02 Å². The molecule has 2 aliphatic heterocycles. The number of amides is 3. The summed E-state index contributed by atoms with van der Waals surface area (Å²) in [5.41, 5.74) is 0.573. The van der Waals surface area contributed by atoms with E-state index in [0.717, 1.165) is 18.0 Å². The number of carbonyl (C=O) groups is 3. The van der Waals surface area contributed by atoms with Gasteiger partial charge in [0.1, 0.15) is 6.54 Å². The molecule has 0 unspecified atom stereocenters. The average Bonchev–Trinajstić information content (AvgIpc) is 2.72. The molecule has 0 radical (unpaired) electrons. The van der Waals surface area contributed by atoms with Crippen molar-refractivity contribution in [2.75, 3.05) is 39.8 Å². The van der Waals surface area contributed by atoms with Gasteiger partial charge >= 0.3 is 0 Å². The summed E-state index contributed by atoms with van der Waals surface area (Å²) < 4.78 is 0. The zero-order valence-electron chi connectivity index (χ0n) is 12.2. The molecule has 0 bridgehead atoms. The van der Waals surface area contributed by atoms with Gasteiger partial charge in [-0.05, 0) is 25.2 Å². The number of hydrogen-bond acceptors (Lipinski definition) is 4. The number of likely N-dealkylation sites (N-methyl/N-ethyl adjacent to an activating group) is 1. The van der Waals surface area contributed by atoms with Gasteiger partial charge in [-0.1, -0.05) is 11.6 Å². The summed E-state index contributed by atoms with van der Waals surface area (Å²) in [4.78, 5) is 41.7. The van der Waals surface area contributed by atoms with E-state index in [-0.39, 0.29) is 18.0 Å². The summed E-state index contributed by atoms with van der Waals surface area (Å²) in [5.74, 6) is -1.09. The molecule has 0 saturated carbocycles. The molecule has 2 aliphatic rings. The van der Waals surface area contributed by atoms with Gasteiger partial charge in [0.15, 0.2) is 0 Å². The molecule has 2 heterocycles. The molecule has 0 spiro atoms. The predicted octanol–water partition coefficient (Wildman–Crippen LogP) is 0.710. The summed E-state index contributed by atoms with van der Waals surface area (Å²) in [6, 6.07) is 4.56. The second-order valence-corrected chi connectivity index (χ2v) is 6.01. The van der Waals surface area contributed by atoms with E-state index in [9.17, 15) is 14.4 Å². The summed E-state index contributed by atoms with van der Waals surface area (Å²) >= 11 is 5.86. The minimum Gasteiger partial charge on any atom is -0.339 e. The zero-order chi connectivity index (χ0) is 15.9. The van der Waals surface area contributed by atoms with Crippen molar-refractivity contribution in [3.05, 3.63) is 34.3 Å². The fraction of sp³-hybridized carbons (Fsp3) is 0.400. The van der Waals surface area contributed by atoms with Gasteiger partial charge in [-0.25, -0.2) is 0 Å². The predicted molar refractivity (Wildman–Crippen MR) is 80.9 cm³/mol. The number of carbonyl (C=O) groups excluding carboxylic acids is 3. The summed E-state index contributed by atoms with van der Waals surface area (Å²) in [5, 5.41) is 0.396. The summed E-state index contributed by atoms with van der Waals surface area (Å²) in [6.07, 6.45) is 0. The number of nitrogens with zero attached hydrogens (tertiary/aromatic N) is 3. The number of halogens is 1. The van der Waals surface area contributed by atoms with Gasteiger partial charge in [0.05, 0.1) is 11.1 Å². The van der Waals surface area contributed by atoms with Gasteiger partial charge in [0.25, 0.3) is 11.8 Å². The highest BCUT2D eigenvalue weighted by Crippen LogP contribution is 2.25. The van der Waals surface area contributed by atoms with Crippen molar-refractivity contribution in [3.8, 4) is 0 Å². The Kier molecular flexibility index (Phi) is 3.88. The molecule has 1 fully saturated rings. The summed E-state index contributed by atoms with van der Waals surface area (Å²) in [6.45, 7) is 2.61. The van der Waals surface area contributed by atoms with Crippen LogP contribution in [-0.4, -0.2) is 72.2 Å². The highest BCUT2D eigenvalue weighted by atomic mass is 35.5. The Bertz CT molecular complexity index is 653. The van der Waals surface area contributed by atoms with Crippen molar-refractivity contribution in [2.45, 2.75) is 0 Å². The van der Waals surface area contributed by atoms with Crippen LogP contribution in [0, 0.1) is 0 Å². The molecule has 7 heteroatoms. The molecule has 3 amide bonds. The maximum Gasteiger partial charge on any atom is 0.262 e. The van der Waals surface area contributed by atoms with Crippen molar-refractivity contribution in [3.63, 3.8) is 0 Å². The number of piperazine rings is 1. The Labute approximate surface area is 133 Å². The molecular formula is C15H16ClN3O3. The van der Waals surface area contributed by atoms with Crippen LogP contribution < -0.4 is 0 Å². The largest absolute Gasteiger partial charge is 0.339 e. The zero-order valence-corrected chi connectivity index (χ0v) is 13.0. The molecule has 0 atom stereocenters. The van der Waals surface area contributed by atoms with Crippen LogP contribution in [0.25, 0.3) is 0 Å². The first-order chi connectivity index (χ1) is 10.5. The van der Waals surface area contributed by atoms with Crippen LogP contribution in [0.5, 0.6) is 0 Å². The van der Waals surface area contributed by atoms with E-state index in [1.807, 2.05) is 7.05 Å². The van der Waals surface area contributed by atoms with Crippen molar-refractivity contribution in [1.82, 2.24) is 14.7 Å². The van der Waals surface area contributed by atoms with Crippen LogP contribution in [0.4, 0.5) is 0 Å². The van der Waals surface area contributed by atoms with E-state index < -0.39 is 11.8 Å². The van der Waals surface area contributed by atoms with E-state index >= 15 is 0 Å². The molecule has 1 aromatic rings. The number of imide groups is 1. The molecule has 1 saturated heterocycles.